The average molecular weight is 264 g/mol. The van der Waals surface area contributed by atoms with Crippen molar-refractivity contribution in [1.82, 2.24) is 15.1 Å². The van der Waals surface area contributed by atoms with Crippen molar-refractivity contribution in [1.29, 1.82) is 0 Å². The van der Waals surface area contributed by atoms with Crippen molar-refractivity contribution < 1.29 is 0 Å². The molecule has 2 heterocycles. The molecular weight excluding hydrogens is 236 g/mol. The van der Waals surface area contributed by atoms with Gasteiger partial charge in [-0.15, -0.1) is 0 Å². The Balaban J connectivity index is 1.87. The topological polar surface area (TPSA) is 33.1 Å². The van der Waals surface area contributed by atoms with Crippen LogP contribution >= 0.6 is 0 Å². The predicted molar refractivity (Wildman–Crippen MR) is 80.6 cm³/mol. The zero-order valence-corrected chi connectivity index (χ0v) is 12.8. The van der Waals surface area contributed by atoms with E-state index < -0.39 is 0 Å². The summed E-state index contributed by atoms with van der Waals surface area (Å²) in [6.45, 7) is 11.3. The summed E-state index contributed by atoms with van der Waals surface area (Å²) in [6, 6.07) is 0. The number of hydrogen-bond donors (Lipinski definition) is 1. The molecule has 4 heteroatoms. The van der Waals surface area contributed by atoms with Gasteiger partial charge in [0.1, 0.15) is 0 Å². The largest absolute Gasteiger partial charge is 0.368 e. The first-order valence-corrected chi connectivity index (χ1v) is 7.58. The van der Waals surface area contributed by atoms with E-state index in [0.717, 1.165) is 31.3 Å². The third-order valence-electron chi connectivity index (χ3n) is 3.83. The molecule has 0 amide bonds. The van der Waals surface area contributed by atoms with Gasteiger partial charge in [0.25, 0.3) is 0 Å². The molecule has 0 spiro atoms. The van der Waals surface area contributed by atoms with Crippen LogP contribution in [0.5, 0.6) is 0 Å². The van der Waals surface area contributed by atoms with Crippen LogP contribution in [0.15, 0.2) is 6.20 Å². The number of aromatic nitrogens is 2. The van der Waals surface area contributed by atoms with E-state index in [4.69, 9.17) is 0 Å². The molecule has 1 aromatic rings. The molecule has 108 valence electrons. The second-order valence-electron chi connectivity index (χ2n) is 6.14. The lowest BCUT2D eigenvalue weighted by Crippen LogP contribution is -2.28. The van der Waals surface area contributed by atoms with Gasteiger partial charge < -0.3 is 10.2 Å². The molecule has 1 N–H and O–H groups in total. The molecular formula is C15H28N4. The quantitative estimate of drug-likeness (QED) is 0.854. The van der Waals surface area contributed by atoms with E-state index in [9.17, 15) is 0 Å². The molecule has 19 heavy (non-hydrogen) atoms. The number of aryl methyl sites for hydroxylation is 2. The summed E-state index contributed by atoms with van der Waals surface area (Å²) >= 11 is 0. The Morgan fingerprint density at radius 1 is 1.47 bits per heavy atom. The Labute approximate surface area is 117 Å². The maximum absolute atomic E-state index is 4.54. The zero-order chi connectivity index (χ0) is 13.8. The Morgan fingerprint density at radius 2 is 2.26 bits per heavy atom. The zero-order valence-electron chi connectivity index (χ0n) is 12.8. The molecule has 2 rings (SSSR count). The molecule has 0 bridgehead atoms. The van der Waals surface area contributed by atoms with Crippen molar-refractivity contribution in [3.63, 3.8) is 0 Å². The van der Waals surface area contributed by atoms with Gasteiger partial charge in [0.2, 0.25) is 0 Å². The van der Waals surface area contributed by atoms with Crippen molar-refractivity contribution in [2.45, 2.75) is 33.6 Å². The van der Waals surface area contributed by atoms with Crippen LogP contribution in [0.2, 0.25) is 0 Å². The van der Waals surface area contributed by atoms with Gasteiger partial charge in [0.15, 0.2) is 0 Å². The SMILES string of the molecule is CCc1nn(C)cc1N1CCC(CNCC(C)C)C1. The fraction of sp³-hybridized carbons (Fsp3) is 0.800. The molecule has 1 aliphatic rings. The third-order valence-corrected chi connectivity index (χ3v) is 3.83. The normalized spacial score (nSPS) is 19.6. The summed E-state index contributed by atoms with van der Waals surface area (Å²) in [5.41, 5.74) is 2.58. The Kier molecular flexibility index (Phi) is 4.86. The molecule has 0 aliphatic carbocycles. The van der Waals surface area contributed by atoms with E-state index in [0.29, 0.717) is 0 Å². The van der Waals surface area contributed by atoms with Crippen LogP contribution in [0.3, 0.4) is 0 Å². The summed E-state index contributed by atoms with van der Waals surface area (Å²) < 4.78 is 1.94. The molecule has 0 aromatic carbocycles. The van der Waals surface area contributed by atoms with E-state index in [1.807, 2.05) is 11.7 Å². The van der Waals surface area contributed by atoms with Gasteiger partial charge in [-0.2, -0.15) is 5.10 Å². The Hall–Kier alpha value is -1.03. The number of anilines is 1. The molecule has 1 aromatic heterocycles. The number of rotatable bonds is 6. The molecule has 1 fully saturated rings. The average Bonchev–Trinajstić information content (AvgIpc) is 2.94. The second-order valence-corrected chi connectivity index (χ2v) is 6.14. The summed E-state index contributed by atoms with van der Waals surface area (Å²) in [7, 11) is 2.01. The summed E-state index contributed by atoms with van der Waals surface area (Å²) in [6.07, 6.45) is 4.48. The van der Waals surface area contributed by atoms with Gasteiger partial charge >= 0.3 is 0 Å². The summed E-state index contributed by atoms with van der Waals surface area (Å²) in [4.78, 5) is 2.51. The Bertz CT molecular complexity index is 397. The Morgan fingerprint density at radius 3 is 2.95 bits per heavy atom. The lowest BCUT2D eigenvalue weighted by molar-refractivity contribution is 0.477. The van der Waals surface area contributed by atoms with E-state index in [1.165, 1.54) is 30.9 Å². The highest BCUT2D eigenvalue weighted by Gasteiger charge is 2.25. The molecule has 1 saturated heterocycles. The van der Waals surface area contributed by atoms with Gasteiger partial charge in [-0.25, -0.2) is 0 Å². The number of hydrogen-bond acceptors (Lipinski definition) is 3. The first kappa shape index (κ1) is 14.4. The highest BCUT2D eigenvalue weighted by Crippen LogP contribution is 2.26. The van der Waals surface area contributed by atoms with Crippen LogP contribution in [0.4, 0.5) is 5.69 Å². The minimum atomic E-state index is 0.738. The van der Waals surface area contributed by atoms with Gasteiger partial charge in [0.05, 0.1) is 11.4 Å². The monoisotopic (exact) mass is 264 g/mol. The smallest absolute Gasteiger partial charge is 0.0855 e. The van der Waals surface area contributed by atoms with Crippen LogP contribution in [-0.2, 0) is 13.5 Å². The summed E-state index contributed by atoms with van der Waals surface area (Å²) in [5, 5.41) is 8.13. The molecule has 1 unspecified atom stereocenters. The first-order valence-electron chi connectivity index (χ1n) is 7.58. The molecule has 4 nitrogen and oxygen atoms in total. The number of nitrogens with one attached hydrogen (secondary N) is 1. The lowest BCUT2D eigenvalue weighted by atomic mass is 10.1. The van der Waals surface area contributed by atoms with E-state index >= 15 is 0 Å². The second kappa shape index (κ2) is 6.42. The molecule has 0 radical (unpaired) electrons. The van der Waals surface area contributed by atoms with Crippen LogP contribution < -0.4 is 10.2 Å². The highest BCUT2D eigenvalue weighted by atomic mass is 15.3. The summed E-state index contributed by atoms with van der Waals surface area (Å²) in [5.74, 6) is 1.52. The van der Waals surface area contributed by atoms with Crippen LogP contribution in [-0.4, -0.2) is 36.0 Å². The lowest BCUT2D eigenvalue weighted by Gasteiger charge is -2.18. The van der Waals surface area contributed by atoms with Crippen molar-refractivity contribution in [2.24, 2.45) is 18.9 Å². The van der Waals surface area contributed by atoms with E-state index in [1.54, 1.807) is 0 Å². The molecule has 0 saturated carbocycles. The van der Waals surface area contributed by atoms with Gasteiger partial charge in [-0.05, 0) is 37.8 Å². The fourth-order valence-electron chi connectivity index (χ4n) is 2.83. The maximum atomic E-state index is 4.54. The fourth-order valence-corrected chi connectivity index (χ4v) is 2.83. The highest BCUT2D eigenvalue weighted by molar-refractivity contribution is 5.50. The van der Waals surface area contributed by atoms with Gasteiger partial charge in [-0.1, -0.05) is 20.8 Å². The third kappa shape index (κ3) is 3.72. The first-order chi connectivity index (χ1) is 9.10. The standard InChI is InChI=1S/C15H28N4/c1-5-14-15(11-18(4)17-14)19-7-6-13(10-19)9-16-8-12(2)3/h11-13,16H,5-10H2,1-4H3. The molecule has 1 atom stereocenters. The van der Waals surface area contributed by atoms with Crippen molar-refractivity contribution in [3.8, 4) is 0 Å². The minimum Gasteiger partial charge on any atom is -0.368 e. The van der Waals surface area contributed by atoms with Crippen LogP contribution in [0, 0.1) is 11.8 Å². The minimum absolute atomic E-state index is 0.738. The van der Waals surface area contributed by atoms with Crippen molar-refractivity contribution in [2.75, 3.05) is 31.1 Å². The molecule has 1 aliphatic heterocycles. The van der Waals surface area contributed by atoms with Gasteiger partial charge in [-0.3, -0.25) is 4.68 Å². The van der Waals surface area contributed by atoms with Crippen molar-refractivity contribution in [3.05, 3.63) is 11.9 Å². The number of nitrogens with zero attached hydrogens (tertiary/aromatic N) is 3. The van der Waals surface area contributed by atoms with Crippen LogP contribution in [0.25, 0.3) is 0 Å². The van der Waals surface area contributed by atoms with E-state index in [-0.39, 0.29) is 0 Å². The maximum Gasteiger partial charge on any atom is 0.0855 e. The van der Waals surface area contributed by atoms with Gasteiger partial charge in [0, 0.05) is 26.3 Å². The van der Waals surface area contributed by atoms with E-state index in [2.05, 4.69) is 42.3 Å². The van der Waals surface area contributed by atoms with Crippen molar-refractivity contribution >= 4 is 5.69 Å². The van der Waals surface area contributed by atoms with Crippen LogP contribution in [0.1, 0.15) is 32.9 Å². The predicted octanol–water partition coefficient (Wildman–Crippen LogP) is 2.05.